The van der Waals surface area contributed by atoms with Gasteiger partial charge in [0, 0.05) is 37.2 Å². The first-order valence-corrected chi connectivity index (χ1v) is 12.6. The molecule has 174 valence electrons. The number of aromatic nitrogens is 1. The van der Waals surface area contributed by atoms with Crippen LogP contribution in [0.25, 0.3) is 6.08 Å². The largest absolute Gasteiger partial charge is 0.480 e. The second-order valence-electron chi connectivity index (χ2n) is 8.17. The monoisotopic (exact) mass is 482 g/mol. The van der Waals surface area contributed by atoms with E-state index in [1.54, 1.807) is 13.8 Å². The lowest BCUT2D eigenvalue weighted by molar-refractivity contribution is -0.138. The number of aliphatic carboxylic acids is 1. The average Bonchev–Trinajstić information content (AvgIpc) is 3.24. The lowest BCUT2D eigenvalue weighted by atomic mass is 10.1. The quantitative estimate of drug-likeness (QED) is 0.337. The van der Waals surface area contributed by atoms with E-state index in [0.717, 1.165) is 46.4 Å². The van der Waals surface area contributed by atoms with Crippen LogP contribution in [0.5, 0.6) is 0 Å². The van der Waals surface area contributed by atoms with E-state index in [2.05, 4.69) is 58.4 Å². The van der Waals surface area contributed by atoms with Crippen LogP contribution in [0.15, 0.2) is 70.4 Å². The van der Waals surface area contributed by atoms with Crippen molar-refractivity contribution in [3.63, 3.8) is 0 Å². The van der Waals surface area contributed by atoms with Gasteiger partial charge >= 0.3 is 5.97 Å². The third-order valence-electron chi connectivity index (χ3n) is 5.16. The number of hydrogen-bond donors (Lipinski definition) is 2. The fourth-order valence-electron chi connectivity index (χ4n) is 3.17. The number of aliphatic hydroxyl groups is 1. The number of rotatable bonds is 12. The summed E-state index contributed by atoms with van der Waals surface area (Å²) in [7, 11) is 0. The van der Waals surface area contributed by atoms with Crippen LogP contribution in [0, 0.1) is 0 Å². The number of aliphatic hydroxyl groups excluding tert-OH is 1. The summed E-state index contributed by atoms with van der Waals surface area (Å²) in [5, 5.41) is 20.6. The highest BCUT2D eigenvalue weighted by molar-refractivity contribution is 8.02. The van der Waals surface area contributed by atoms with Crippen molar-refractivity contribution in [1.82, 2.24) is 4.98 Å². The number of anilines is 1. The van der Waals surface area contributed by atoms with Gasteiger partial charge in [0.05, 0.1) is 5.69 Å². The predicted molar refractivity (Wildman–Crippen MR) is 138 cm³/mol. The molecule has 1 heterocycles. The molecule has 0 radical (unpaired) electrons. The van der Waals surface area contributed by atoms with E-state index in [1.165, 1.54) is 23.1 Å². The van der Waals surface area contributed by atoms with Crippen LogP contribution >= 0.6 is 23.1 Å². The minimum absolute atomic E-state index is 0.145. The Morgan fingerprint density at radius 1 is 1.12 bits per heavy atom. The Balaban J connectivity index is 1.68. The van der Waals surface area contributed by atoms with Crippen LogP contribution in [0.4, 0.5) is 5.69 Å². The van der Waals surface area contributed by atoms with Crippen LogP contribution in [-0.4, -0.2) is 45.6 Å². The summed E-state index contributed by atoms with van der Waals surface area (Å²) in [5.41, 5.74) is 4.37. The maximum atomic E-state index is 11.4. The van der Waals surface area contributed by atoms with E-state index in [1.807, 2.05) is 23.6 Å². The number of hydrogen-bond acceptors (Lipinski definition) is 6. The molecule has 7 heteroatoms. The van der Waals surface area contributed by atoms with E-state index in [0.29, 0.717) is 6.42 Å². The van der Waals surface area contributed by atoms with Crippen LogP contribution in [0.1, 0.15) is 30.7 Å². The fourth-order valence-corrected chi connectivity index (χ4v) is 5.40. The van der Waals surface area contributed by atoms with Crippen molar-refractivity contribution in [1.29, 1.82) is 0 Å². The minimum atomic E-state index is -0.903. The number of carboxylic acid groups (broad SMARTS) is 1. The zero-order valence-electron chi connectivity index (χ0n) is 19.0. The Kier molecular flexibility index (Phi) is 9.11. The van der Waals surface area contributed by atoms with Crippen LogP contribution in [0.2, 0.25) is 0 Å². The van der Waals surface area contributed by atoms with E-state index in [9.17, 15) is 15.0 Å². The van der Waals surface area contributed by atoms with E-state index >= 15 is 0 Å². The summed E-state index contributed by atoms with van der Waals surface area (Å²) >= 11 is 2.78. The Bertz CT molecular complexity index is 1050. The maximum absolute atomic E-state index is 11.4. The predicted octanol–water partition coefficient (Wildman–Crippen LogP) is 5.40. The van der Waals surface area contributed by atoms with Crippen molar-refractivity contribution in [2.45, 2.75) is 35.8 Å². The van der Waals surface area contributed by atoms with E-state index < -0.39 is 10.7 Å². The molecule has 0 amide bonds. The molecule has 1 aromatic heterocycles. The van der Waals surface area contributed by atoms with Gasteiger partial charge in [-0.15, -0.1) is 11.3 Å². The van der Waals surface area contributed by atoms with E-state index in [-0.39, 0.29) is 6.61 Å². The molecule has 0 aliphatic rings. The molecule has 33 heavy (non-hydrogen) atoms. The van der Waals surface area contributed by atoms with Crippen LogP contribution < -0.4 is 4.90 Å². The van der Waals surface area contributed by atoms with Gasteiger partial charge in [-0.1, -0.05) is 66.4 Å². The minimum Gasteiger partial charge on any atom is -0.480 e. The molecule has 3 rings (SSSR count). The molecule has 2 aromatic carbocycles. The van der Waals surface area contributed by atoms with Gasteiger partial charge in [-0.05, 0) is 43.5 Å². The van der Waals surface area contributed by atoms with Gasteiger partial charge in [-0.25, -0.2) is 4.98 Å². The Labute approximate surface area is 203 Å². The van der Waals surface area contributed by atoms with Crippen molar-refractivity contribution in [2.24, 2.45) is 0 Å². The van der Waals surface area contributed by atoms with Gasteiger partial charge in [0.25, 0.3) is 0 Å². The molecule has 0 spiro atoms. The number of carbonyl (C=O) groups is 1. The van der Waals surface area contributed by atoms with Crippen molar-refractivity contribution in [2.75, 3.05) is 24.6 Å². The summed E-state index contributed by atoms with van der Waals surface area (Å²) in [4.78, 5) is 18.4. The Morgan fingerprint density at radius 2 is 1.85 bits per heavy atom. The molecule has 0 aliphatic carbocycles. The standard InChI is InChI=1S/C26H30N2O3S2/c1-26(2,24(30)31)33-25-27-22(19-32-25)14-17-28(16-6-9-20-7-4-3-5-8-20)23-12-10-21(11-13-23)15-18-29/h3-13,19,29H,14-18H2,1-2H3,(H,30,31). The summed E-state index contributed by atoms with van der Waals surface area (Å²) in [5.74, 6) is -0.842. The summed E-state index contributed by atoms with van der Waals surface area (Å²) in [6.45, 7) is 5.08. The maximum Gasteiger partial charge on any atom is 0.319 e. The normalized spacial score (nSPS) is 11.7. The summed E-state index contributed by atoms with van der Waals surface area (Å²) < 4.78 is -0.124. The van der Waals surface area contributed by atoms with Gasteiger partial charge in [0.1, 0.15) is 4.75 Å². The number of nitrogens with zero attached hydrogens (tertiary/aromatic N) is 2. The van der Waals surface area contributed by atoms with Crippen molar-refractivity contribution in [3.8, 4) is 0 Å². The molecule has 0 aliphatic heterocycles. The van der Waals surface area contributed by atoms with Gasteiger partial charge in [-0.3, -0.25) is 4.79 Å². The molecule has 0 saturated carbocycles. The second-order valence-corrected chi connectivity index (χ2v) is 10.9. The number of thioether (sulfide) groups is 1. The molecular formula is C26H30N2O3S2. The molecule has 5 nitrogen and oxygen atoms in total. The van der Waals surface area contributed by atoms with Crippen molar-refractivity contribution in [3.05, 3.63) is 82.9 Å². The number of benzene rings is 2. The van der Waals surface area contributed by atoms with Gasteiger partial charge < -0.3 is 15.1 Å². The molecule has 0 unspecified atom stereocenters. The summed E-state index contributed by atoms with van der Waals surface area (Å²) in [6, 6.07) is 18.5. The summed E-state index contributed by atoms with van der Waals surface area (Å²) in [6.07, 6.45) is 5.70. The highest BCUT2D eigenvalue weighted by Crippen LogP contribution is 2.34. The average molecular weight is 483 g/mol. The van der Waals surface area contributed by atoms with Crippen molar-refractivity contribution >= 4 is 40.8 Å². The van der Waals surface area contributed by atoms with Crippen molar-refractivity contribution < 1.29 is 15.0 Å². The van der Waals surface area contributed by atoms with E-state index in [4.69, 9.17) is 0 Å². The molecular weight excluding hydrogens is 452 g/mol. The first-order chi connectivity index (χ1) is 15.9. The highest BCUT2D eigenvalue weighted by Gasteiger charge is 2.29. The Morgan fingerprint density at radius 3 is 2.52 bits per heavy atom. The smallest absolute Gasteiger partial charge is 0.319 e. The third-order valence-corrected chi connectivity index (χ3v) is 7.34. The zero-order chi connectivity index (χ0) is 23.7. The molecule has 0 fully saturated rings. The van der Waals surface area contributed by atoms with Crippen LogP contribution in [-0.2, 0) is 17.6 Å². The lowest BCUT2D eigenvalue weighted by Crippen LogP contribution is -2.27. The zero-order valence-corrected chi connectivity index (χ0v) is 20.6. The molecule has 2 N–H and O–H groups in total. The molecule has 0 bridgehead atoms. The third kappa shape index (κ3) is 7.74. The SMILES string of the molecule is CC(C)(Sc1nc(CCN(CC=Cc2ccccc2)c2ccc(CCO)cc2)cs1)C(=O)O. The molecule has 3 aromatic rings. The van der Waals surface area contributed by atoms with Gasteiger partial charge in [0.15, 0.2) is 4.34 Å². The fraction of sp³-hybridized carbons (Fsp3) is 0.308. The second kappa shape index (κ2) is 12.0. The Hall–Kier alpha value is -2.61. The highest BCUT2D eigenvalue weighted by atomic mass is 32.2. The molecule has 0 saturated heterocycles. The van der Waals surface area contributed by atoms with Gasteiger partial charge in [0.2, 0.25) is 0 Å². The lowest BCUT2D eigenvalue weighted by Gasteiger charge is -2.23. The molecule has 0 atom stereocenters. The van der Waals surface area contributed by atoms with Crippen LogP contribution in [0.3, 0.4) is 0 Å². The first kappa shape index (κ1) is 25.0. The number of carboxylic acids is 1. The van der Waals surface area contributed by atoms with Gasteiger partial charge in [-0.2, -0.15) is 0 Å². The number of thiazole rings is 1. The first-order valence-electron chi connectivity index (χ1n) is 10.9. The topological polar surface area (TPSA) is 73.7 Å².